The third-order valence-electron chi connectivity index (χ3n) is 6.62. The van der Waals surface area contributed by atoms with Gasteiger partial charge in [0, 0.05) is 44.0 Å². The van der Waals surface area contributed by atoms with E-state index in [-0.39, 0.29) is 56.4 Å². The molecule has 176 valence electrons. The third kappa shape index (κ3) is 4.65. The van der Waals surface area contributed by atoms with Crippen LogP contribution in [0.4, 0.5) is 13.2 Å². The first-order chi connectivity index (χ1) is 15.6. The lowest BCUT2D eigenvalue weighted by atomic mass is 10.0. The van der Waals surface area contributed by atoms with Crippen molar-refractivity contribution < 1.29 is 22.8 Å². The highest BCUT2D eigenvalue weighted by atomic mass is 19.3. The summed E-state index contributed by atoms with van der Waals surface area (Å²) in [6, 6.07) is 3.63. The van der Waals surface area contributed by atoms with Crippen molar-refractivity contribution in [1.82, 2.24) is 20.0 Å². The van der Waals surface area contributed by atoms with Crippen LogP contribution in [-0.2, 0) is 11.2 Å². The van der Waals surface area contributed by atoms with Gasteiger partial charge in [0.15, 0.2) is 0 Å². The monoisotopic (exact) mass is 462 g/mol. The van der Waals surface area contributed by atoms with Gasteiger partial charge in [0.2, 0.25) is 11.8 Å². The lowest BCUT2D eigenvalue weighted by molar-refractivity contribution is -0.138. The number of amides is 2. The minimum Gasteiger partial charge on any atom is -0.336 e. The Balaban J connectivity index is 1.48. The van der Waals surface area contributed by atoms with Crippen molar-refractivity contribution in [2.45, 2.75) is 51.5 Å². The average molecular weight is 462 g/mol. The number of aromatic amines is 1. The van der Waals surface area contributed by atoms with Crippen LogP contribution >= 0.6 is 0 Å². The Hall–Kier alpha value is -3.17. The standard InChI is InChI=1S/C23H25F3N4O3/c1-13-14(2)21(32)28-27-19(13)10-15-3-4-18(24)17(9-15)22(33)29-7-8-30(20(31)12-29)16-5-6-23(25,26)11-16/h3-4,9,16H,5-8,10-12H2,1-2H3,(H,28,32). The molecule has 2 amide bonds. The van der Waals surface area contributed by atoms with Crippen LogP contribution in [0.5, 0.6) is 0 Å². The van der Waals surface area contributed by atoms with Gasteiger partial charge in [-0.1, -0.05) is 6.07 Å². The molecule has 1 atom stereocenters. The summed E-state index contributed by atoms with van der Waals surface area (Å²) in [5.41, 5.74) is 2.04. The van der Waals surface area contributed by atoms with Crippen LogP contribution in [-0.4, -0.2) is 63.4 Å². The Morgan fingerprint density at radius 1 is 1.21 bits per heavy atom. The zero-order chi connectivity index (χ0) is 23.9. The first-order valence-electron chi connectivity index (χ1n) is 10.9. The molecule has 7 nitrogen and oxygen atoms in total. The summed E-state index contributed by atoms with van der Waals surface area (Å²) >= 11 is 0. The Kier molecular flexibility index (Phi) is 6.02. The quantitative estimate of drug-likeness (QED) is 0.757. The summed E-state index contributed by atoms with van der Waals surface area (Å²) in [6.45, 7) is 3.48. The van der Waals surface area contributed by atoms with E-state index in [0.717, 1.165) is 5.56 Å². The maximum atomic E-state index is 14.5. The molecule has 0 radical (unpaired) electrons. The van der Waals surface area contributed by atoms with Crippen LogP contribution in [0.15, 0.2) is 23.0 Å². The van der Waals surface area contributed by atoms with E-state index in [1.54, 1.807) is 13.8 Å². The van der Waals surface area contributed by atoms with Crippen molar-refractivity contribution in [3.8, 4) is 0 Å². The number of hydrogen-bond acceptors (Lipinski definition) is 4. The molecule has 1 unspecified atom stereocenters. The van der Waals surface area contributed by atoms with Crippen LogP contribution in [0.2, 0.25) is 0 Å². The van der Waals surface area contributed by atoms with Gasteiger partial charge in [0.05, 0.1) is 11.3 Å². The number of hydrogen-bond donors (Lipinski definition) is 1. The molecule has 1 aromatic heterocycles. The zero-order valence-corrected chi connectivity index (χ0v) is 18.5. The summed E-state index contributed by atoms with van der Waals surface area (Å²) in [4.78, 5) is 39.9. The fraction of sp³-hybridized carbons (Fsp3) is 0.478. The predicted molar refractivity (Wildman–Crippen MR) is 114 cm³/mol. The van der Waals surface area contributed by atoms with Gasteiger partial charge in [0.25, 0.3) is 11.5 Å². The molecule has 1 saturated heterocycles. The number of rotatable bonds is 4. The number of nitrogens with one attached hydrogen (secondary N) is 1. The molecule has 2 aromatic rings. The van der Waals surface area contributed by atoms with Gasteiger partial charge < -0.3 is 9.80 Å². The Labute approximate surface area is 188 Å². The fourth-order valence-electron chi connectivity index (χ4n) is 4.49. The number of alkyl halides is 2. The second kappa shape index (κ2) is 8.64. The van der Waals surface area contributed by atoms with E-state index >= 15 is 0 Å². The van der Waals surface area contributed by atoms with Crippen LogP contribution < -0.4 is 5.56 Å². The van der Waals surface area contributed by atoms with Crippen LogP contribution in [0.1, 0.15) is 52.0 Å². The van der Waals surface area contributed by atoms with Crippen molar-refractivity contribution in [3.05, 3.63) is 62.3 Å². The number of carbonyl (C=O) groups excluding carboxylic acids is 2. The largest absolute Gasteiger partial charge is 0.336 e. The first kappa shape index (κ1) is 23.0. The molecule has 1 saturated carbocycles. The van der Waals surface area contributed by atoms with E-state index < -0.39 is 29.6 Å². The minimum absolute atomic E-state index is 0.145. The lowest BCUT2D eigenvalue weighted by Gasteiger charge is -2.37. The number of H-pyrrole nitrogens is 1. The van der Waals surface area contributed by atoms with Crippen LogP contribution in [0, 0.1) is 19.7 Å². The fourth-order valence-corrected chi connectivity index (χ4v) is 4.49. The first-order valence-corrected chi connectivity index (χ1v) is 10.9. The lowest BCUT2D eigenvalue weighted by Crippen LogP contribution is -2.55. The zero-order valence-electron chi connectivity index (χ0n) is 18.5. The number of halogens is 3. The molecule has 10 heteroatoms. The van der Waals surface area contributed by atoms with Crippen molar-refractivity contribution in [3.63, 3.8) is 0 Å². The second-order valence-corrected chi connectivity index (χ2v) is 8.81. The predicted octanol–water partition coefficient (Wildman–Crippen LogP) is 2.59. The Morgan fingerprint density at radius 2 is 1.97 bits per heavy atom. The summed E-state index contributed by atoms with van der Waals surface area (Å²) < 4.78 is 41.6. The summed E-state index contributed by atoms with van der Waals surface area (Å²) in [7, 11) is 0. The Bertz CT molecular complexity index is 1160. The van der Waals surface area contributed by atoms with Crippen molar-refractivity contribution in [1.29, 1.82) is 0 Å². The SMILES string of the molecule is Cc1c(Cc2ccc(F)c(C(=O)N3CCN(C4CCC(F)(F)C4)C(=O)C3)c2)n[nH]c(=O)c1C. The molecule has 2 heterocycles. The van der Waals surface area contributed by atoms with Gasteiger partial charge in [-0.15, -0.1) is 0 Å². The molecule has 1 N–H and O–H groups in total. The number of benzene rings is 1. The maximum absolute atomic E-state index is 14.5. The highest BCUT2D eigenvalue weighted by Crippen LogP contribution is 2.37. The minimum atomic E-state index is -2.76. The Morgan fingerprint density at radius 3 is 2.64 bits per heavy atom. The molecule has 2 fully saturated rings. The topological polar surface area (TPSA) is 86.4 Å². The molecule has 1 aliphatic carbocycles. The van der Waals surface area contributed by atoms with E-state index in [2.05, 4.69) is 10.2 Å². The molecule has 4 rings (SSSR count). The molecule has 1 aliphatic heterocycles. The summed E-state index contributed by atoms with van der Waals surface area (Å²) in [6.07, 6.45) is -0.0834. The van der Waals surface area contributed by atoms with E-state index in [0.29, 0.717) is 16.8 Å². The van der Waals surface area contributed by atoms with Gasteiger partial charge in [-0.25, -0.2) is 18.3 Å². The molecular formula is C23H25F3N4O3. The van der Waals surface area contributed by atoms with Crippen molar-refractivity contribution >= 4 is 11.8 Å². The molecule has 0 spiro atoms. The van der Waals surface area contributed by atoms with Crippen molar-refractivity contribution in [2.75, 3.05) is 19.6 Å². The van der Waals surface area contributed by atoms with Gasteiger partial charge >= 0.3 is 0 Å². The number of carbonyl (C=O) groups is 2. The number of nitrogens with zero attached hydrogens (tertiary/aromatic N) is 3. The normalized spacial score (nSPS) is 20.4. The maximum Gasteiger partial charge on any atom is 0.267 e. The third-order valence-corrected chi connectivity index (χ3v) is 6.62. The molecule has 1 aromatic carbocycles. The smallest absolute Gasteiger partial charge is 0.267 e. The average Bonchev–Trinajstić information content (AvgIpc) is 3.14. The van der Waals surface area contributed by atoms with E-state index in [4.69, 9.17) is 0 Å². The van der Waals surface area contributed by atoms with Gasteiger partial charge in [-0.2, -0.15) is 5.10 Å². The molecule has 2 aliphatic rings. The van der Waals surface area contributed by atoms with Crippen LogP contribution in [0.25, 0.3) is 0 Å². The summed E-state index contributed by atoms with van der Waals surface area (Å²) in [5, 5.41) is 6.48. The molecule has 33 heavy (non-hydrogen) atoms. The number of aromatic nitrogens is 2. The summed E-state index contributed by atoms with van der Waals surface area (Å²) in [5.74, 6) is -4.51. The van der Waals surface area contributed by atoms with Crippen molar-refractivity contribution in [2.24, 2.45) is 0 Å². The van der Waals surface area contributed by atoms with E-state index in [1.165, 1.54) is 28.0 Å². The van der Waals surface area contributed by atoms with E-state index in [1.807, 2.05) is 0 Å². The highest BCUT2D eigenvalue weighted by Gasteiger charge is 2.44. The van der Waals surface area contributed by atoms with Gasteiger partial charge in [-0.05, 0) is 43.5 Å². The van der Waals surface area contributed by atoms with E-state index in [9.17, 15) is 27.6 Å². The van der Waals surface area contributed by atoms with Gasteiger partial charge in [0.1, 0.15) is 12.4 Å². The number of piperazine rings is 1. The molecule has 0 bridgehead atoms. The highest BCUT2D eigenvalue weighted by molar-refractivity contribution is 5.97. The van der Waals surface area contributed by atoms with Crippen LogP contribution in [0.3, 0.4) is 0 Å². The van der Waals surface area contributed by atoms with Gasteiger partial charge in [-0.3, -0.25) is 14.4 Å². The molecular weight excluding hydrogens is 437 g/mol. The second-order valence-electron chi connectivity index (χ2n) is 8.81.